The largest absolute Gasteiger partial charge is 0.344 e. The predicted molar refractivity (Wildman–Crippen MR) is 156 cm³/mol. The molecule has 2 saturated heterocycles. The number of carbonyl (C=O) groups is 2. The fourth-order valence-corrected chi connectivity index (χ4v) is 6.39. The third-order valence-corrected chi connectivity index (χ3v) is 8.84. The van der Waals surface area contributed by atoms with E-state index in [1.54, 1.807) is 0 Å². The first-order valence-corrected chi connectivity index (χ1v) is 14.9. The van der Waals surface area contributed by atoms with E-state index in [1.807, 2.05) is 35.2 Å². The Morgan fingerprint density at radius 3 is 2.36 bits per heavy atom. The van der Waals surface area contributed by atoms with Crippen LogP contribution in [0.4, 0.5) is 0 Å². The van der Waals surface area contributed by atoms with Crippen molar-refractivity contribution in [3.8, 4) is 0 Å². The number of fused-ring (bicyclic) bond motifs is 1. The molecular formula is C31H42ClN5O2. The monoisotopic (exact) mass is 551 g/mol. The molecule has 2 aromatic rings. The molecule has 5 rings (SSSR count). The molecule has 0 bridgehead atoms. The summed E-state index contributed by atoms with van der Waals surface area (Å²) < 4.78 is 0. The van der Waals surface area contributed by atoms with Crippen LogP contribution < -0.4 is 16.0 Å². The highest BCUT2D eigenvalue weighted by Crippen LogP contribution is 2.25. The summed E-state index contributed by atoms with van der Waals surface area (Å²) in [6.45, 7) is 4.57. The molecule has 2 atom stereocenters. The second kappa shape index (κ2) is 13.3. The molecule has 7 nitrogen and oxygen atoms in total. The number of piperidine rings is 2. The normalized spacial score (nSPS) is 21.8. The highest BCUT2D eigenvalue weighted by molar-refractivity contribution is 6.30. The lowest BCUT2D eigenvalue weighted by Crippen LogP contribution is -2.55. The maximum Gasteiger partial charge on any atom is 0.245 e. The number of carbonyl (C=O) groups excluding carboxylic acids is 2. The summed E-state index contributed by atoms with van der Waals surface area (Å²) in [4.78, 5) is 31.4. The molecule has 3 heterocycles. The summed E-state index contributed by atoms with van der Waals surface area (Å²) in [6, 6.07) is 16.2. The summed E-state index contributed by atoms with van der Waals surface area (Å²) in [5.74, 6) is -0.0941. The van der Waals surface area contributed by atoms with E-state index in [1.165, 1.54) is 24.0 Å². The molecule has 3 aliphatic rings. The van der Waals surface area contributed by atoms with Crippen LogP contribution in [0.2, 0.25) is 5.02 Å². The number of halogens is 1. The smallest absolute Gasteiger partial charge is 0.245 e. The summed E-state index contributed by atoms with van der Waals surface area (Å²) in [5.41, 5.74) is 3.45. The highest BCUT2D eigenvalue weighted by Gasteiger charge is 2.31. The second-order valence-corrected chi connectivity index (χ2v) is 11.9. The van der Waals surface area contributed by atoms with E-state index in [4.69, 9.17) is 11.6 Å². The Morgan fingerprint density at radius 1 is 0.974 bits per heavy atom. The minimum Gasteiger partial charge on any atom is -0.344 e. The van der Waals surface area contributed by atoms with Crippen LogP contribution >= 0.6 is 11.6 Å². The van der Waals surface area contributed by atoms with Crippen molar-refractivity contribution in [2.75, 3.05) is 39.8 Å². The van der Waals surface area contributed by atoms with Gasteiger partial charge >= 0.3 is 0 Å². The van der Waals surface area contributed by atoms with Crippen molar-refractivity contribution >= 4 is 23.4 Å². The van der Waals surface area contributed by atoms with Gasteiger partial charge in [-0.05, 0) is 87.6 Å². The third-order valence-electron chi connectivity index (χ3n) is 8.59. The standard InChI is InChI=1S/C31H42ClN5O2/c1-36-16-11-25(12-17-36)34-26-13-18-37(19-14-26)31(39)29(20-22-6-8-24(32)9-7-22)35-30(38)21-28-27-5-3-2-4-23(27)10-15-33-28/h2-9,25-26,28-29,33-34H,10-21H2,1H3,(H,35,38)/t28?,29-/m1/s1. The Hall–Kier alpha value is -2.45. The Morgan fingerprint density at radius 2 is 1.64 bits per heavy atom. The first-order chi connectivity index (χ1) is 18.9. The van der Waals surface area contributed by atoms with Crippen molar-refractivity contribution < 1.29 is 9.59 Å². The van der Waals surface area contributed by atoms with Crippen LogP contribution in [0.5, 0.6) is 0 Å². The molecule has 2 amide bonds. The summed E-state index contributed by atoms with van der Waals surface area (Å²) in [5, 5.41) is 11.1. The van der Waals surface area contributed by atoms with E-state index >= 15 is 0 Å². The third kappa shape index (κ3) is 7.60. The number of amides is 2. The van der Waals surface area contributed by atoms with E-state index in [9.17, 15) is 9.59 Å². The van der Waals surface area contributed by atoms with Crippen LogP contribution in [0.3, 0.4) is 0 Å². The Balaban J connectivity index is 1.20. The fourth-order valence-electron chi connectivity index (χ4n) is 6.27. The molecule has 0 saturated carbocycles. The first kappa shape index (κ1) is 28.1. The van der Waals surface area contributed by atoms with Gasteiger partial charge in [0.2, 0.25) is 11.8 Å². The van der Waals surface area contributed by atoms with Crippen molar-refractivity contribution in [2.45, 2.75) is 69.1 Å². The van der Waals surface area contributed by atoms with Gasteiger partial charge in [0.15, 0.2) is 0 Å². The Kier molecular flexibility index (Phi) is 9.56. The number of rotatable bonds is 8. The molecular weight excluding hydrogens is 510 g/mol. The maximum atomic E-state index is 13.8. The SMILES string of the molecule is CN1CCC(NC2CCN(C(=O)[C@@H](Cc3ccc(Cl)cc3)NC(=O)CC3NCCc4ccccc43)CC2)CC1. The average molecular weight is 552 g/mol. The molecule has 0 aromatic heterocycles. The molecule has 210 valence electrons. The van der Waals surface area contributed by atoms with Gasteiger partial charge in [0, 0.05) is 49.1 Å². The molecule has 2 fully saturated rings. The van der Waals surface area contributed by atoms with Crippen molar-refractivity contribution in [3.63, 3.8) is 0 Å². The van der Waals surface area contributed by atoms with Crippen LogP contribution in [0.25, 0.3) is 0 Å². The minimum atomic E-state index is -0.601. The van der Waals surface area contributed by atoms with Crippen LogP contribution in [0.1, 0.15) is 54.8 Å². The predicted octanol–water partition coefficient (Wildman–Crippen LogP) is 3.32. The lowest BCUT2D eigenvalue weighted by molar-refractivity contribution is -0.137. The van der Waals surface area contributed by atoms with Crippen LogP contribution in [0, 0.1) is 0 Å². The number of nitrogens with one attached hydrogen (secondary N) is 3. The lowest BCUT2D eigenvalue weighted by atomic mass is 9.92. The van der Waals surface area contributed by atoms with E-state index in [0.717, 1.165) is 44.5 Å². The zero-order valence-electron chi connectivity index (χ0n) is 23.0. The van der Waals surface area contributed by atoms with Crippen molar-refractivity contribution in [1.82, 2.24) is 25.8 Å². The first-order valence-electron chi connectivity index (χ1n) is 14.5. The minimum absolute atomic E-state index is 0.00745. The fraction of sp³-hybridized carbons (Fsp3) is 0.548. The van der Waals surface area contributed by atoms with Crippen LogP contribution in [0.15, 0.2) is 48.5 Å². The topological polar surface area (TPSA) is 76.7 Å². The molecule has 1 unspecified atom stereocenters. The second-order valence-electron chi connectivity index (χ2n) is 11.5. The maximum absolute atomic E-state index is 13.8. The van der Waals surface area contributed by atoms with Crippen molar-refractivity contribution in [3.05, 3.63) is 70.2 Å². The number of hydrogen-bond donors (Lipinski definition) is 3. The van der Waals surface area contributed by atoms with Gasteiger partial charge < -0.3 is 25.8 Å². The van der Waals surface area contributed by atoms with Gasteiger partial charge in [-0.25, -0.2) is 0 Å². The van der Waals surface area contributed by atoms with Gasteiger partial charge in [0.1, 0.15) is 6.04 Å². The van der Waals surface area contributed by atoms with E-state index in [0.29, 0.717) is 43.0 Å². The summed E-state index contributed by atoms with van der Waals surface area (Å²) in [6.07, 6.45) is 5.99. The zero-order valence-corrected chi connectivity index (χ0v) is 23.8. The molecule has 0 aliphatic carbocycles. The van der Waals surface area contributed by atoms with Gasteiger partial charge in [0.05, 0.1) is 0 Å². The quantitative estimate of drug-likeness (QED) is 0.469. The van der Waals surface area contributed by atoms with Crippen LogP contribution in [-0.2, 0) is 22.4 Å². The van der Waals surface area contributed by atoms with Gasteiger partial charge in [-0.3, -0.25) is 9.59 Å². The van der Waals surface area contributed by atoms with Crippen molar-refractivity contribution in [2.24, 2.45) is 0 Å². The Labute approximate surface area is 237 Å². The van der Waals surface area contributed by atoms with Gasteiger partial charge in [0.25, 0.3) is 0 Å². The molecule has 3 aliphatic heterocycles. The van der Waals surface area contributed by atoms with Gasteiger partial charge in [-0.1, -0.05) is 48.0 Å². The molecule has 0 radical (unpaired) electrons. The van der Waals surface area contributed by atoms with E-state index in [-0.39, 0.29) is 17.9 Å². The average Bonchev–Trinajstić information content (AvgIpc) is 2.95. The van der Waals surface area contributed by atoms with Crippen molar-refractivity contribution in [1.29, 1.82) is 0 Å². The van der Waals surface area contributed by atoms with Gasteiger partial charge in [-0.2, -0.15) is 0 Å². The van der Waals surface area contributed by atoms with E-state index in [2.05, 4.69) is 46.1 Å². The number of likely N-dealkylation sites (tertiary alicyclic amines) is 2. The molecule has 39 heavy (non-hydrogen) atoms. The van der Waals surface area contributed by atoms with Crippen LogP contribution in [-0.4, -0.2) is 79.5 Å². The number of benzene rings is 2. The molecule has 8 heteroatoms. The zero-order chi connectivity index (χ0) is 27.2. The molecule has 3 N–H and O–H groups in total. The summed E-state index contributed by atoms with van der Waals surface area (Å²) >= 11 is 6.10. The molecule has 0 spiro atoms. The number of hydrogen-bond acceptors (Lipinski definition) is 5. The number of nitrogens with zero attached hydrogens (tertiary/aromatic N) is 2. The van der Waals surface area contributed by atoms with Gasteiger partial charge in [-0.15, -0.1) is 0 Å². The lowest BCUT2D eigenvalue weighted by Gasteiger charge is -2.38. The Bertz CT molecular complexity index is 1110. The van der Waals surface area contributed by atoms with E-state index < -0.39 is 6.04 Å². The summed E-state index contributed by atoms with van der Waals surface area (Å²) in [7, 11) is 2.18. The highest BCUT2D eigenvalue weighted by atomic mass is 35.5. The molecule has 2 aromatic carbocycles.